The van der Waals surface area contributed by atoms with Crippen LogP contribution in [0, 0.1) is 25.2 Å². The molecule has 0 bridgehead atoms. The summed E-state index contributed by atoms with van der Waals surface area (Å²) in [4.78, 5) is 9.25. The number of nitrogens with zero attached hydrogens (tertiary/aromatic N) is 5. The van der Waals surface area contributed by atoms with Crippen LogP contribution in [0.2, 0.25) is 0 Å². The van der Waals surface area contributed by atoms with E-state index >= 15 is 0 Å². The Balaban J connectivity index is 1.54. The van der Waals surface area contributed by atoms with Crippen LogP contribution in [0.5, 0.6) is 0 Å². The van der Waals surface area contributed by atoms with Crippen molar-refractivity contribution in [2.75, 3.05) is 44.3 Å². The largest absolute Gasteiger partial charge is 0.379 e. The molecule has 28 heavy (non-hydrogen) atoms. The zero-order chi connectivity index (χ0) is 19.5. The highest BCUT2D eigenvalue weighted by Gasteiger charge is 2.27. The number of pyridine rings is 1. The van der Waals surface area contributed by atoms with Crippen LogP contribution >= 0.6 is 0 Å². The molecule has 1 atom stereocenters. The van der Waals surface area contributed by atoms with E-state index in [1.54, 1.807) is 0 Å². The molecule has 4 rings (SSSR count). The minimum absolute atomic E-state index is 0.396. The number of hydrogen-bond donors (Lipinski definition) is 1. The molecule has 7 heteroatoms. The zero-order valence-electron chi connectivity index (χ0n) is 16.7. The Kier molecular flexibility index (Phi) is 5.60. The fourth-order valence-electron chi connectivity index (χ4n) is 4.43. The number of ether oxygens (including phenoxy) is 1. The molecule has 0 saturated carbocycles. The highest BCUT2D eigenvalue weighted by Crippen LogP contribution is 2.33. The summed E-state index contributed by atoms with van der Waals surface area (Å²) < 4.78 is 5.47. The molecule has 0 unspecified atom stereocenters. The molecule has 2 saturated heterocycles. The van der Waals surface area contributed by atoms with Crippen molar-refractivity contribution in [2.24, 2.45) is 0 Å². The number of piperidine rings is 1. The van der Waals surface area contributed by atoms with Crippen molar-refractivity contribution >= 4 is 5.69 Å². The van der Waals surface area contributed by atoms with Crippen molar-refractivity contribution in [1.29, 1.82) is 5.26 Å². The predicted octanol–water partition coefficient (Wildman–Crippen LogP) is 2.51. The first-order valence-electron chi connectivity index (χ1n) is 10.1. The van der Waals surface area contributed by atoms with E-state index in [1.807, 2.05) is 20.0 Å². The van der Waals surface area contributed by atoms with Gasteiger partial charge in [0, 0.05) is 55.6 Å². The van der Waals surface area contributed by atoms with E-state index in [4.69, 9.17) is 4.74 Å². The first-order valence-corrected chi connectivity index (χ1v) is 10.1. The second-order valence-electron chi connectivity index (χ2n) is 7.84. The molecule has 7 nitrogen and oxygen atoms in total. The van der Waals surface area contributed by atoms with Crippen LogP contribution in [0.1, 0.15) is 47.0 Å². The van der Waals surface area contributed by atoms with Crippen molar-refractivity contribution in [3.05, 3.63) is 40.5 Å². The number of rotatable bonds is 4. The number of H-pyrrole nitrogens is 1. The maximum atomic E-state index is 9.65. The molecule has 2 aliphatic heterocycles. The molecule has 2 aliphatic rings. The third-order valence-corrected chi connectivity index (χ3v) is 5.84. The molecule has 2 aromatic rings. The third-order valence-electron chi connectivity index (χ3n) is 5.84. The van der Waals surface area contributed by atoms with Gasteiger partial charge in [0.1, 0.15) is 6.07 Å². The maximum Gasteiger partial charge on any atom is 0.103 e. The smallest absolute Gasteiger partial charge is 0.103 e. The van der Waals surface area contributed by atoms with Gasteiger partial charge < -0.3 is 9.64 Å². The molecule has 0 radical (unpaired) electrons. The van der Waals surface area contributed by atoms with Gasteiger partial charge in [-0.05, 0) is 32.8 Å². The SMILES string of the molecule is Cc1cc(N2CCC[C@H](c3[nH]ncc3CN3CCOCC3)C2)c(C#N)c(C)n1. The van der Waals surface area contributed by atoms with Gasteiger partial charge in [-0.3, -0.25) is 15.0 Å². The topological polar surface area (TPSA) is 81.1 Å². The summed E-state index contributed by atoms with van der Waals surface area (Å²) in [6.45, 7) is 10.3. The number of hydrogen-bond acceptors (Lipinski definition) is 6. The van der Waals surface area contributed by atoms with E-state index < -0.39 is 0 Å². The second kappa shape index (κ2) is 8.29. The Bertz CT molecular complexity index is 864. The summed E-state index contributed by atoms with van der Waals surface area (Å²) in [6.07, 6.45) is 4.22. The Hall–Kier alpha value is -2.43. The van der Waals surface area contributed by atoms with Crippen molar-refractivity contribution in [3.8, 4) is 6.07 Å². The average Bonchev–Trinajstić information content (AvgIpc) is 3.16. The predicted molar refractivity (Wildman–Crippen MR) is 107 cm³/mol. The minimum atomic E-state index is 0.396. The van der Waals surface area contributed by atoms with Gasteiger partial charge >= 0.3 is 0 Å². The first kappa shape index (κ1) is 18.9. The van der Waals surface area contributed by atoms with Crippen LogP contribution in [-0.2, 0) is 11.3 Å². The van der Waals surface area contributed by atoms with Crippen LogP contribution in [0.25, 0.3) is 0 Å². The summed E-state index contributed by atoms with van der Waals surface area (Å²) >= 11 is 0. The molecule has 0 aliphatic carbocycles. The lowest BCUT2D eigenvalue weighted by molar-refractivity contribution is 0.0340. The van der Waals surface area contributed by atoms with Gasteiger partial charge in [0.15, 0.2) is 0 Å². The Morgan fingerprint density at radius 3 is 2.89 bits per heavy atom. The fraction of sp³-hybridized carbons (Fsp3) is 0.571. The first-order chi connectivity index (χ1) is 13.7. The number of aryl methyl sites for hydroxylation is 2. The molecule has 4 heterocycles. The van der Waals surface area contributed by atoms with E-state index in [1.165, 1.54) is 11.3 Å². The van der Waals surface area contributed by atoms with Crippen molar-refractivity contribution in [1.82, 2.24) is 20.1 Å². The van der Waals surface area contributed by atoms with E-state index in [2.05, 4.69) is 37.1 Å². The molecule has 0 aromatic carbocycles. The molecule has 148 valence electrons. The van der Waals surface area contributed by atoms with Gasteiger partial charge in [-0.25, -0.2) is 0 Å². The number of nitriles is 1. The van der Waals surface area contributed by atoms with Crippen LogP contribution in [0.15, 0.2) is 12.3 Å². The number of nitrogens with one attached hydrogen (secondary N) is 1. The quantitative estimate of drug-likeness (QED) is 0.878. The number of anilines is 1. The van der Waals surface area contributed by atoms with E-state index in [9.17, 15) is 5.26 Å². The van der Waals surface area contributed by atoms with E-state index in [0.29, 0.717) is 11.5 Å². The third kappa shape index (κ3) is 3.89. The van der Waals surface area contributed by atoms with Crippen molar-refractivity contribution in [3.63, 3.8) is 0 Å². The van der Waals surface area contributed by atoms with Gasteiger partial charge in [-0.15, -0.1) is 0 Å². The summed E-state index contributed by atoms with van der Waals surface area (Å²) in [6, 6.07) is 4.41. The zero-order valence-corrected chi connectivity index (χ0v) is 16.7. The highest BCUT2D eigenvalue weighted by atomic mass is 16.5. The lowest BCUT2D eigenvalue weighted by atomic mass is 9.91. The Morgan fingerprint density at radius 2 is 2.11 bits per heavy atom. The van der Waals surface area contributed by atoms with Crippen LogP contribution in [-0.4, -0.2) is 59.5 Å². The highest BCUT2D eigenvalue weighted by molar-refractivity contribution is 5.62. The number of aromatic amines is 1. The Labute approximate surface area is 166 Å². The van der Waals surface area contributed by atoms with Gasteiger partial charge in [-0.1, -0.05) is 0 Å². The summed E-state index contributed by atoms with van der Waals surface area (Å²) in [5.74, 6) is 0.396. The standard InChI is InChI=1S/C21H28N6O/c1-15-10-20(19(11-22)16(2)24-15)27-5-3-4-17(14-27)21-18(12-23-25-21)13-26-6-8-28-9-7-26/h10,12,17H,3-9,13-14H2,1-2H3,(H,23,25)/t17-/m0/s1. The summed E-state index contributed by atoms with van der Waals surface area (Å²) in [5.41, 5.74) is 6.03. The second-order valence-corrected chi connectivity index (χ2v) is 7.84. The molecular formula is C21H28N6O. The molecule has 2 aromatic heterocycles. The molecular weight excluding hydrogens is 352 g/mol. The number of aromatic nitrogens is 3. The van der Waals surface area contributed by atoms with Crippen LogP contribution < -0.4 is 4.90 Å². The lowest BCUT2D eigenvalue weighted by Gasteiger charge is -2.35. The van der Waals surface area contributed by atoms with Gasteiger partial charge in [0.2, 0.25) is 0 Å². The summed E-state index contributed by atoms with van der Waals surface area (Å²) in [5, 5.41) is 17.3. The Morgan fingerprint density at radius 1 is 1.29 bits per heavy atom. The van der Waals surface area contributed by atoms with Gasteiger partial charge in [0.05, 0.1) is 36.4 Å². The van der Waals surface area contributed by atoms with Crippen LogP contribution in [0.3, 0.4) is 0 Å². The average molecular weight is 380 g/mol. The fourth-order valence-corrected chi connectivity index (χ4v) is 4.43. The van der Waals surface area contributed by atoms with Crippen LogP contribution in [0.4, 0.5) is 5.69 Å². The van der Waals surface area contributed by atoms with Crippen molar-refractivity contribution < 1.29 is 4.74 Å². The van der Waals surface area contributed by atoms with Gasteiger partial charge in [-0.2, -0.15) is 10.4 Å². The summed E-state index contributed by atoms with van der Waals surface area (Å²) in [7, 11) is 0. The van der Waals surface area contributed by atoms with E-state index in [-0.39, 0.29) is 0 Å². The van der Waals surface area contributed by atoms with E-state index in [0.717, 1.165) is 75.9 Å². The lowest BCUT2D eigenvalue weighted by Crippen LogP contribution is -2.37. The maximum absolute atomic E-state index is 9.65. The normalized spacial score (nSPS) is 20.9. The number of morpholine rings is 1. The minimum Gasteiger partial charge on any atom is -0.379 e. The molecule has 0 spiro atoms. The monoisotopic (exact) mass is 380 g/mol. The van der Waals surface area contributed by atoms with Gasteiger partial charge in [0.25, 0.3) is 0 Å². The molecule has 0 amide bonds. The molecule has 1 N–H and O–H groups in total. The molecule has 2 fully saturated rings. The van der Waals surface area contributed by atoms with Crippen molar-refractivity contribution in [2.45, 2.75) is 39.2 Å².